The van der Waals surface area contributed by atoms with Crippen LogP contribution in [0.25, 0.3) is 10.2 Å². The number of carbonyl (C=O) groups excluding carboxylic acids is 2. The highest BCUT2D eigenvalue weighted by atomic mass is 32.1. The van der Waals surface area contributed by atoms with Gasteiger partial charge in [0.25, 0.3) is 5.91 Å². The lowest BCUT2D eigenvalue weighted by molar-refractivity contribution is -0.135. The summed E-state index contributed by atoms with van der Waals surface area (Å²) in [4.78, 5) is 30.2. The van der Waals surface area contributed by atoms with E-state index in [1.54, 1.807) is 11.3 Å². The van der Waals surface area contributed by atoms with Gasteiger partial charge in [0, 0.05) is 6.04 Å². The molecule has 0 spiro atoms. The molecule has 1 aromatic carbocycles. The van der Waals surface area contributed by atoms with Gasteiger partial charge >= 0.3 is 0 Å². The summed E-state index contributed by atoms with van der Waals surface area (Å²) in [6, 6.07) is 12.7. The third kappa shape index (κ3) is 3.49. The van der Waals surface area contributed by atoms with Crippen LogP contribution in [0.5, 0.6) is 0 Å². The largest absolute Gasteiger partial charge is 0.351 e. The SMILES string of the molecule is C[C@@]1(C(=O)NC2CCCCCC2)Cn2c(cc3sccc32)C(=O)N1[C@H]1CCCc2ccccc21. The van der Waals surface area contributed by atoms with Crippen LogP contribution < -0.4 is 5.32 Å². The minimum absolute atomic E-state index is 0.00136. The summed E-state index contributed by atoms with van der Waals surface area (Å²) in [5.41, 5.74) is 3.34. The van der Waals surface area contributed by atoms with Gasteiger partial charge in [-0.1, -0.05) is 49.9 Å². The third-order valence-electron chi connectivity index (χ3n) is 8.29. The molecule has 0 bridgehead atoms. The Labute approximate surface area is 205 Å². The second kappa shape index (κ2) is 8.56. The van der Waals surface area contributed by atoms with Crippen molar-refractivity contribution in [1.29, 1.82) is 0 Å². The highest BCUT2D eigenvalue weighted by Gasteiger charge is 2.51. The molecule has 0 unspecified atom stereocenters. The van der Waals surface area contributed by atoms with Crippen LogP contribution in [0.3, 0.4) is 0 Å². The molecule has 3 aliphatic rings. The lowest BCUT2D eigenvalue weighted by atomic mass is 9.82. The summed E-state index contributed by atoms with van der Waals surface area (Å²) in [5, 5.41) is 5.47. The number of hydrogen-bond acceptors (Lipinski definition) is 3. The Kier molecular flexibility index (Phi) is 5.51. The Morgan fingerprint density at radius 1 is 1.06 bits per heavy atom. The predicted molar refractivity (Wildman–Crippen MR) is 136 cm³/mol. The molecular weight excluding hydrogens is 442 g/mol. The molecule has 0 radical (unpaired) electrons. The number of nitrogens with zero attached hydrogens (tertiary/aromatic N) is 2. The number of aromatic nitrogens is 1. The van der Waals surface area contributed by atoms with E-state index in [2.05, 4.69) is 45.6 Å². The van der Waals surface area contributed by atoms with E-state index in [9.17, 15) is 9.59 Å². The van der Waals surface area contributed by atoms with Crippen molar-refractivity contribution in [1.82, 2.24) is 14.8 Å². The van der Waals surface area contributed by atoms with Gasteiger partial charge in [0.1, 0.15) is 11.2 Å². The zero-order chi connectivity index (χ0) is 23.3. The van der Waals surface area contributed by atoms with Gasteiger partial charge in [0.05, 0.1) is 22.8 Å². The minimum atomic E-state index is -0.945. The molecule has 1 fully saturated rings. The summed E-state index contributed by atoms with van der Waals surface area (Å²) in [5.74, 6) is -0.0200. The van der Waals surface area contributed by atoms with Crippen molar-refractivity contribution in [2.24, 2.45) is 0 Å². The monoisotopic (exact) mass is 475 g/mol. The van der Waals surface area contributed by atoms with Gasteiger partial charge in [-0.3, -0.25) is 9.59 Å². The first kappa shape index (κ1) is 21.9. The van der Waals surface area contributed by atoms with Crippen LogP contribution in [0, 0.1) is 0 Å². The Morgan fingerprint density at radius 3 is 2.68 bits per heavy atom. The summed E-state index contributed by atoms with van der Waals surface area (Å²) >= 11 is 1.66. The quantitative estimate of drug-likeness (QED) is 0.484. The number of amides is 2. The lowest BCUT2D eigenvalue weighted by Gasteiger charge is -2.49. The van der Waals surface area contributed by atoms with Crippen LogP contribution >= 0.6 is 11.3 Å². The van der Waals surface area contributed by atoms with Crippen molar-refractivity contribution in [3.63, 3.8) is 0 Å². The molecule has 178 valence electrons. The van der Waals surface area contributed by atoms with Crippen LogP contribution in [-0.4, -0.2) is 32.9 Å². The standard InChI is InChI=1S/C28H33N3O2S/c1-28(27(33)29-20-11-4-2-3-5-12-20)18-30-23-15-16-34-25(23)17-24(30)26(32)31(28)22-14-8-10-19-9-6-7-13-21(19)22/h6-7,9,13,15-17,20,22H,2-5,8,10-12,14,18H2,1H3,(H,29,33)/t22-,28-/m0/s1. The van der Waals surface area contributed by atoms with Crippen LogP contribution in [0.4, 0.5) is 0 Å². The molecule has 2 atom stereocenters. The molecule has 3 heterocycles. The first-order valence-corrected chi connectivity index (χ1v) is 13.7. The summed E-state index contributed by atoms with van der Waals surface area (Å²) in [6.07, 6.45) is 9.84. The van der Waals surface area contributed by atoms with E-state index in [4.69, 9.17) is 0 Å². The van der Waals surface area contributed by atoms with E-state index >= 15 is 0 Å². The number of nitrogens with one attached hydrogen (secondary N) is 1. The van der Waals surface area contributed by atoms with Gasteiger partial charge < -0.3 is 14.8 Å². The molecule has 2 aliphatic carbocycles. The van der Waals surface area contributed by atoms with Crippen molar-refractivity contribution < 1.29 is 9.59 Å². The first-order valence-electron chi connectivity index (χ1n) is 12.9. The van der Waals surface area contributed by atoms with Gasteiger partial charge in [-0.25, -0.2) is 0 Å². The summed E-state index contributed by atoms with van der Waals surface area (Å²) < 4.78 is 3.20. The van der Waals surface area contributed by atoms with Crippen molar-refractivity contribution >= 4 is 33.4 Å². The molecule has 2 amide bonds. The maximum atomic E-state index is 14.2. The Hall–Kier alpha value is -2.60. The predicted octanol–water partition coefficient (Wildman–Crippen LogP) is 5.83. The smallest absolute Gasteiger partial charge is 0.272 e. The van der Waals surface area contributed by atoms with E-state index < -0.39 is 5.54 Å². The Bertz CT molecular complexity index is 1240. The zero-order valence-electron chi connectivity index (χ0n) is 19.9. The van der Waals surface area contributed by atoms with Crippen molar-refractivity contribution in [2.75, 3.05) is 0 Å². The minimum Gasteiger partial charge on any atom is -0.351 e. The molecule has 5 nitrogen and oxygen atoms in total. The average molecular weight is 476 g/mol. The molecule has 6 heteroatoms. The fraction of sp³-hybridized carbons (Fsp3) is 0.500. The van der Waals surface area contributed by atoms with Gasteiger partial charge in [-0.2, -0.15) is 0 Å². The maximum Gasteiger partial charge on any atom is 0.272 e. The van der Waals surface area contributed by atoms with Crippen LogP contribution in [-0.2, 0) is 17.8 Å². The number of aryl methyl sites for hydroxylation is 1. The van der Waals surface area contributed by atoms with E-state index in [1.807, 2.05) is 17.9 Å². The van der Waals surface area contributed by atoms with Crippen LogP contribution in [0.15, 0.2) is 41.8 Å². The Morgan fingerprint density at radius 2 is 1.85 bits per heavy atom. The highest BCUT2D eigenvalue weighted by Crippen LogP contribution is 2.43. The number of benzene rings is 1. The average Bonchev–Trinajstić information content (AvgIpc) is 3.34. The number of thiophene rings is 1. The van der Waals surface area contributed by atoms with Crippen molar-refractivity contribution in [3.8, 4) is 0 Å². The molecular formula is C28H33N3O2S. The second-order valence-electron chi connectivity index (χ2n) is 10.5. The molecule has 1 N–H and O–H groups in total. The zero-order valence-corrected chi connectivity index (χ0v) is 20.7. The van der Waals surface area contributed by atoms with Crippen LogP contribution in [0.1, 0.15) is 85.9 Å². The molecule has 6 rings (SSSR count). The molecule has 0 saturated heterocycles. The van der Waals surface area contributed by atoms with Crippen molar-refractivity contribution in [3.05, 3.63) is 58.6 Å². The summed E-state index contributed by atoms with van der Waals surface area (Å²) in [7, 11) is 0. The number of carbonyl (C=O) groups is 2. The number of hydrogen-bond donors (Lipinski definition) is 1. The van der Waals surface area contributed by atoms with Crippen molar-refractivity contribution in [2.45, 2.75) is 88.9 Å². The van der Waals surface area contributed by atoms with E-state index in [-0.39, 0.29) is 23.9 Å². The molecule has 3 aromatic rings. The normalized spacial score (nSPS) is 25.6. The van der Waals surface area contributed by atoms with Gasteiger partial charge in [0.2, 0.25) is 5.91 Å². The molecule has 2 aromatic heterocycles. The second-order valence-corrected chi connectivity index (χ2v) is 11.5. The van der Waals surface area contributed by atoms with E-state index in [1.165, 1.54) is 24.0 Å². The van der Waals surface area contributed by atoms with E-state index in [0.29, 0.717) is 12.2 Å². The number of rotatable bonds is 3. The van der Waals surface area contributed by atoms with Crippen LogP contribution in [0.2, 0.25) is 0 Å². The van der Waals surface area contributed by atoms with Gasteiger partial charge in [-0.05, 0) is 67.7 Å². The fourth-order valence-corrected chi connectivity index (χ4v) is 7.31. The van der Waals surface area contributed by atoms with E-state index in [0.717, 1.165) is 55.2 Å². The third-order valence-corrected chi connectivity index (χ3v) is 9.14. The Balaban J connectivity index is 1.44. The van der Waals surface area contributed by atoms with Gasteiger partial charge in [-0.15, -0.1) is 11.3 Å². The topological polar surface area (TPSA) is 54.3 Å². The molecule has 1 aliphatic heterocycles. The maximum absolute atomic E-state index is 14.2. The highest BCUT2D eigenvalue weighted by molar-refractivity contribution is 7.17. The first-order chi connectivity index (χ1) is 16.6. The number of fused-ring (bicyclic) bond motifs is 4. The molecule has 34 heavy (non-hydrogen) atoms. The summed E-state index contributed by atoms with van der Waals surface area (Å²) in [6.45, 7) is 2.49. The fourth-order valence-electron chi connectivity index (χ4n) is 6.48. The lowest BCUT2D eigenvalue weighted by Crippen LogP contribution is -2.65. The molecule has 1 saturated carbocycles. The van der Waals surface area contributed by atoms with Gasteiger partial charge in [0.15, 0.2) is 0 Å².